The number of hydrogen-bond donors (Lipinski definition) is 2. The number of pyridine rings is 1. The number of aromatic nitrogens is 1. The van der Waals surface area contributed by atoms with Gasteiger partial charge in [0.15, 0.2) is 0 Å². The van der Waals surface area contributed by atoms with Crippen molar-refractivity contribution in [2.24, 2.45) is 0 Å². The van der Waals surface area contributed by atoms with Gasteiger partial charge in [0.2, 0.25) is 0 Å². The Morgan fingerprint density at radius 2 is 1.44 bits per heavy atom. The molecule has 0 amide bonds. The van der Waals surface area contributed by atoms with Crippen LogP contribution in [0.2, 0.25) is 0 Å². The quantitative estimate of drug-likeness (QED) is 0.228. The molecule has 0 aliphatic carbocycles. The summed E-state index contributed by atoms with van der Waals surface area (Å²) in [6.07, 6.45) is 5.43. The van der Waals surface area contributed by atoms with Gasteiger partial charge in [-0.1, -0.05) is 91.5 Å². The van der Waals surface area contributed by atoms with Gasteiger partial charge < -0.3 is 15.1 Å². The maximum Gasteiger partial charge on any atom is 0.129 e. The summed E-state index contributed by atoms with van der Waals surface area (Å²) in [6.45, 7) is 4.93. The third-order valence-corrected chi connectivity index (χ3v) is 7.22. The topological polar surface area (TPSA) is 56.6 Å². The average molecular weight is 509 g/mol. The minimum absolute atomic E-state index is 0.137. The number of hydrogen-bond acceptors (Lipinski definition) is 4. The summed E-state index contributed by atoms with van der Waals surface area (Å²) in [5.41, 5.74) is 5.19. The van der Waals surface area contributed by atoms with Crippen molar-refractivity contribution in [2.75, 3.05) is 4.90 Å². The lowest BCUT2D eigenvalue weighted by molar-refractivity contribution is 0.465. The molecule has 1 heterocycles. The summed E-state index contributed by atoms with van der Waals surface area (Å²) < 4.78 is 0. The van der Waals surface area contributed by atoms with E-state index in [4.69, 9.17) is 0 Å². The van der Waals surface area contributed by atoms with Crippen molar-refractivity contribution in [3.05, 3.63) is 139 Å². The highest BCUT2D eigenvalue weighted by Crippen LogP contribution is 2.46. The number of fused-ring (bicyclic) bond motifs is 2. The smallest absolute Gasteiger partial charge is 0.129 e. The van der Waals surface area contributed by atoms with E-state index in [0.717, 1.165) is 43.9 Å². The van der Waals surface area contributed by atoms with Gasteiger partial charge in [0.25, 0.3) is 0 Å². The molecule has 4 heteroatoms. The van der Waals surface area contributed by atoms with Crippen LogP contribution in [0.5, 0.6) is 11.5 Å². The molecular weight excluding hydrogens is 480 g/mol. The Balaban J connectivity index is 1.52. The molecule has 0 atom stereocenters. The minimum Gasteiger partial charge on any atom is -0.507 e. The number of nitrogens with zero attached hydrogens (tertiary/aromatic N) is 2. The van der Waals surface area contributed by atoms with Crippen LogP contribution in [0.25, 0.3) is 38.7 Å². The third kappa shape index (κ3) is 4.69. The normalized spacial score (nSPS) is 11.1. The van der Waals surface area contributed by atoms with Gasteiger partial charge in [0, 0.05) is 36.0 Å². The van der Waals surface area contributed by atoms with Crippen molar-refractivity contribution in [3.8, 4) is 22.6 Å². The number of rotatable bonds is 7. The van der Waals surface area contributed by atoms with Crippen molar-refractivity contribution >= 4 is 33.3 Å². The first-order valence-electron chi connectivity index (χ1n) is 12.9. The van der Waals surface area contributed by atoms with E-state index in [-0.39, 0.29) is 11.5 Å². The van der Waals surface area contributed by atoms with E-state index in [0.29, 0.717) is 24.2 Å². The van der Waals surface area contributed by atoms with Crippen LogP contribution < -0.4 is 4.90 Å². The van der Waals surface area contributed by atoms with E-state index < -0.39 is 0 Å². The predicted molar refractivity (Wildman–Crippen MR) is 161 cm³/mol. The van der Waals surface area contributed by atoms with E-state index in [9.17, 15) is 10.2 Å². The maximum absolute atomic E-state index is 11.9. The van der Waals surface area contributed by atoms with Gasteiger partial charge in [-0.3, -0.25) is 4.98 Å². The molecule has 0 saturated carbocycles. The highest BCUT2D eigenvalue weighted by molar-refractivity contribution is 6.10. The number of phenols is 2. The lowest BCUT2D eigenvalue weighted by Gasteiger charge is -2.26. The van der Waals surface area contributed by atoms with Crippen LogP contribution in [-0.4, -0.2) is 15.2 Å². The standard InChI is InChI=1S/C35H28N2O2/c1-2-24-13-15-25(16-14-24)22-37(29-10-7-19-36-21-29)23-28-20-27-9-4-6-12-31(27)34(35(28)39)33-30-11-5-3-8-26(30)17-18-32(33)38/h2-21,38-39H,1,22-23H2. The summed E-state index contributed by atoms with van der Waals surface area (Å²) in [5.74, 6) is 0.300. The average Bonchev–Trinajstić information content (AvgIpc) is 2.98. The molecule has 190 valence electrons. The van der Waals surface area contributed by atoms with Gasteiger partial charge in [-0.05, 0) is 56.9 Å². The van der Waals surface area contributed by atoms with Gasteiger partial charge in [-0.25, -0.2) is 0 Å². The summed E-state index contributed by atoms with van der Waals surface area (Å²) in [7, 11) is 0. The zero-order valence-electron chi connectivity index (χ0n) is 21.5. The maximum atomic E-state index is 11.9. The lowest BCUT2D eigenvalue weighted by Crippen LogP contribution is -2.22. The summed E-state index contributed by atoms with van der Waals surface area (Å²) in [4.78, 5) is 6.55. The van der Waals surface area contributed by atoms with Crippen LogP contribution in [0.15, 0.2) is 122 Å². The molecule has 1 aromatic heterocycles. The largest absolute Gasteiger partial charge is 0.507 e. The Morgan fingerprint density at radius 1 is 0.718 bits per heavy atom. The first-order chi connectivity index (χ1) is 19.1. The van der Waals surface area contributed by atoms with E-state index in [1.54, 1.807) is 12.3 Å². The Morgan fingerprint density at radius 3 is 2.15 bits per heavy atom. The Kier molecular flexibility index (Phi) is 6.44. The number of anilines is 1. The van der Waals surface area contributed by atoms with Crippen molar-refractivity contribution in [1.82, 2.24) is 4.98 Å². The Hall–Kier alpha value is -5.09. The van der Waals surface area contributed by atoms with E-state index >= 15 is 0 Å². The van der Waals surface area contributed by atoms with E-state index in [1.165, 1.54) is 0 Å². The zero-order valence-corrected chi connectivity index (χ0v) is 21.5. The summed E-state index contributed by atoms with van der Waals surface area (Å²) in [5, 5.41) is 26.8. The van der Waals surface area contributed by atoms with Crippen LogP contribution in [0.3, 0.4) is 0 Å². The molecule has 0 spiro atoms. The molecule has 0 bridgehead atoms. The summed E-state index contributed by atoms with van der Waals surface area (Å²) in [6, 6.07) is 33.8. The molecule has 6 rings (SSSR count). The predicted octanol–water partition coefficient (Wildman–Crippen LogP) is 8.32. The molecule has 39 heavy (non-hydrogen) atoms. The molecule has 2 N–H and O–H groups in total. The fraction of sp³-hybridized carbons (Fsp3) is 0.0571. The SMILES string of the molecule is C=Cc1ccc(CN(Cc2cc3ccccc3c(-c3c(O)ccc4ccccc34)c2O)c2cccnc2)cc1. The van der Waals surface area contributed by atoms with Gasteiger partial charge in [-0.15, -0.1) is 0 Å². The van der Waals surface area contributed by atoms with Gasteiger partial charge in [0.05, 0.1) is 11.9 Å². The molecular formula is C35H28N2O2. The Bertz CT molecular complexity index is 1790. The minimum atomic E-state index is 0.137. The van der Waals surface area contributed by atoms with Crippen LogP contribution in [-0.2, 0) is 13.1 Å². The lowest BCUT2D eigenvalue weighted by atomic mass is 9.90. The first-order valence-corrected chi connectivity index (χ1v) is 12.9. The van der Waals surface area contributed by atoms with Crippen LogP contribution >= 0.6 is 0 Å². The summed E-state index contributed by atoms with van der Waals surface area (Å²) >= 11 is 0. The van der Waals surface area contributed by atoms with Gasteiger partial charge in [-0.2, -0.15) is 0 Å². The highest BCUT2D eigenvalue weighted by Gasteiger charge is 2.21. The van der Waals surface area contributed by atoms with E-state index in [1.807, 2.05) is 85.1 Å². The molecule has 5 aromatic carbocycles. The van der Waals surface area contributed by atoms with Crippen molar-refractivity contribution in [1.29, 1.82) is 0 Å². The second-order valence-electron chi connectivity index (χ2n) is 9.67. The molecule has 0 unspecified atom stereocenters. The first kappa shape index (κ1) is 24.3. The molecule has 0 radical (unpaired) electrons. The monoisotopic (exact) mass is 508 g/mol. The zero-order chi connectivity index (χ0) is 26.8. The number of phenolic OH excluding ortho intramolecular Hbond substituents is 2. The molecule has 0 fully saturated rings. The van der Waals surface area contributed by atoms with Crippen LogP contribution in [0.4, 0.5) is 5.69 Å². The van der Waals surface area contributed by atoms with Crippen molar-refractivity contribution in [3.63, 3.8) is 0 Å². The number of aromatic hydroxyl groups is 2. The van der Waals surface area contributed by atoms with Crippen molar-refractivity contribution < 1.29 is 10.2 Å². The molecule has 0 aliphatic heterocycles. The molecule has 6 aromatic rings. The van der Waals surface area contributed by atoms with Crippen LogP contribution in [0, 0.1) is 0 Å². The fourth-order valence-corrected chi connectivity index (χ4v) is 5.26. The molecule has 0 aliphatic rings. The second-order valence-corrected chi connectivity index (χ2v) is 9.67. The van der Waals surface area contributed by atoms with Gasteiger partial charge in [0.1, 0.15) is 11.5 Å². The molecule has 4 nitrogen and oxygen atoms in total. The highest BCUT2D eigenvalue weighted by atomic mass is 16.3. The van der Waals surface area contributed by atoms with Crippen molar-refractivity contribution in [2.45, 2.75) is 13.1 Å². The number of benzene rings is 5. The third-order valence-electron chi connectivity index (χ3n) is 7.22. The van der Waals surface area contributed by atoms with E-state index in [2.05, 4.69) is 40.7 Å². The fourth-order valence-electron chi connectivity index (χ4n) is 5.26. The van der Waals surface area contributed by atoms with Gasteiger partial charge >= 0.3 is 0 Å². The second kappa shape index (κ2) is 10.3. The molecule has 0 saturated heterocycles. The van der Waals surface area contributed by atoms with Crippen LogP contribution in [0.1, 0.15) is 16.7 Å². The Labute approximate surface area is 227 Å².